The van der Waals surface area contributed by atoms with Crippen molar-refractivity contribution in [3.05, 3.63) is 0 Å². The molecular weight excluding hydrogens is 238 g/mol. The Bertz CT molecular complexity index is 323. The van der Waals surface area contributed by atoms with Crippen molar-refractivity contribution >= 4 is 11.6 Å². The first-order chi connectivity index (χ1) is 9.20. The van der Waals surface area contributed by atoms with Gasteiger partial charge in [0, 0.05) is 11.8 Å². The van der Waals surface area contributed by atoms with E-state index in [1.165, 1.54) is 19.3 Å². The van der Waals surface area contributed by atoms with Gasteiger partial charge in [0.1, 0.15) is 11.6 Å². The van der Waals surface area contributed by atoms with Gasteiger partial charge in [-0.2, -0.15) is 0 Å². The molecule has 3 aliphatic rings. The van der Waals surface area contributed by atoms with Crippen molar-refractivity contribution in [3.63, 3.8) is 0 Å². The Morgan fingerprint density at radius 1 is 0.947 bits per heavy atom. The summed E-state index contributed by atoms with van der Waals surface area (Å²) in [5.74, 6) is 1.61. The van der Waals surface area contributed by atoms with Crippen LogP contribution in [0.15, 0.2) is 0 Å². The molecule has 0 amide bonds. The second-order valence-electron chi connectivity index (χ2n) is 6.16. The number of rotatable bonds is 2. The van der Waals surface area contributed by atoms with Gasteiger partial charge >= 0.3 is 0 Å². The zero-order valence-electron chi connectivity index (χ0n) is 12.2. The lowest BCUT2D eigenvalue weighted by molar-refractivity contribution is -0.128. The van der Waals surface area contributed by atoms with Crippen LogP contribution in [-0.4, -0.2) is 18.1 Å². The number of hydrogen-bond acceptors (Lipinski definition) is 3. The topological polar surface area (TPSA) is 60.2 Å². The van der Waals surface area contributed by atoms with Gasteiger partial charge in [-0.1, -0.05) is 26.7 Å². The maximum absolute atomic E-state index is 12.3. The van der Waals surface area contributed by atoms with Crippen LogP contribution in [0.3, 0.4) is 0 Å². The maximum Gasteiger partial charge on any atom is 0.147 e. The summed E-state index contributed by atoms with van der Waals surface area (Å²) in [6.07, 6.45) is 6.34. The molecule has 3 heteroatoms. The van der Waals surface area contributed by atoms with E-state index in [9.17, 15) is 9.59 Å². The van der Waals surface area contributed by atoms with Gasteiger partial charge in [-0.25, -0.2) is 0 Å². The summed E-state index contributed by atoms with van der Waals surface area (Å²) in [4.78, 5) is 24.6. The molecule has 2 bridgehead atoms. The number of hydrogen-bond donors (Lipinski definition) is 1. The molecule has 2 N–H and O–H groups in total. The lowest BCUT2D eigenvalue weighted by Crippen LogP contribution is -2.21. The first-order valence-electron chi connectivity index (χ1n) is 7.98. The molecule has 0 saturated heterocycles. The lowest BCUT2D eigenvalue weighted by atomic mass is 9.83. The highest BCUT2D eigenvalue weighted by Crippen LogP contribution is 2.49. The molecule has 0 aromatic heterocycles. The molecule has 4 unspecified atom stereocenters. The van der Waals surface area contributed by atoms with Crippen molar-refractivity contribution in [2.45, 2.75) is 52.4 Å². The first kappa shape index (κ1) is 14.7. The van der Waals surface area contributed by atoms with Crippen LogP contribution >= 0.6 is 0 Å². The van der Waals surface area contributed by atoms with Crippen LogP contribution in [0.4, 0.5) is 0 Å². The molecule has 0 spiro atoms. The van der Waals surface area contributed by atoms with Crippen LogP contribution in [0.5, 0.6) is 0 Å². The Kier molecular flexibility index (Phi) is 4.77. The highest BCUT2D eigenvalue weighted by molar-refractivity contribution is 6.11. The number of fused-ring (bicyclic) bond motifs is 3. The van der Waals surface area contributed by atoms with Crippen molar-refractivity contribution in [2.24, 2.45) is 35.3 Å². The van der Waals surface area contributed by atoms with Gasteiger partial charge in [-0.05, 0) is 44.1 Å². The third-order valence-corrected chi connectivity index (χ3v) is 5.18. The SMILES string of the molecule is CC.NCCC1C(=O)C2CC3CCC(C3)CC2C1=O. The van der Waals surface area contributed by atoms with E-state index in [1.54, 1.807) is 0 Å². The third-order valence-electron chi connectivity index (χ3n) is 5.18. The van der Waals surface area contributed by atoms with Gasteiger partial charge in [-0.15, -0.1) is 0 Å². The van der Waals surface area contributed by atoms with E-state index >= 15 is 0 Å². The van der Waals surface area contributed by atoms with Crippen molar-refractivity contribution in [1.82, 2.24) is 0 Å². The average Bonchev–Trinajstić information content (AvgIpc) is 2.85. The second kappa shape index (κ2) is 6.17. The van der Waals surface area contributed by atoms with Crippen molar-refractivity contribution in [1.29, 1.82) is 0 Å². The van der Waals surface area contributed by atoms with E-state index in [2.05, 4.69) is 0 Å². The smallest absolute Gasteiger partial charge is 0.147 e. The predicted octanol–water partition coefficient (Wildman–Crippen LogP) is 2.57. The highest BCUT2D eigenvalue weighted by Gasteiger charge is 2.51. The second-order valence-corrected chi connectivity index (χ2v) is 6.16. The minimum atomic E-state index is -0.354. The van der Waals surface area contributed by atoms with Gasteiger partial charge in [0.25, 0.3) is 0 Å². The van der Waals surface area contributed by atoms with E-state index in [0.29, 0.717) is 24.8 Å². The van der Waals surface area contributed by atoms with E-state index in [-0.39, 0.29) is 29.3 Å². The van der Waals surface area contributed by atoms with Crippen LogP contribution < -0.4 is 5.73 Å². The van der Waals surface area contributed by atoms with Crippen molar-refractivity contribution < 1.29 is 9.59 Å². The Morgan fingerprint density at radius 2 is 1.42 bits per heavy atom. The summed E-state index contributed by atoms with van der Waals surface area (Å²) >= 11 is 0. The monoisotopic (exact) mass is 265 g/mol. The van der Waals surface area contributed by atoms with Crippen LogP contribution in [0, 0.1) is 29.6 Å². The fourth-order valence-corrected chi connectivity index (χ4v) is 4.39. The van der Waals surface area contributed by atoms with Gasteiger partial charge in [0.05, 0.1) is 5.92 Å². The molecule has 3 fully saturated rings. The van der Waals surface area contributed by atoms with Crippen molar-refractivity contribution in [2.75, 3.05) is 6.54 Å². The molecule has 3 aliphatic carbocycles. The van der Waals surface area contributed by atoms with E-state index in [1.807, 2.05) is 13.8 Å². The zero-order chi connectivity index (χ0) is 14.0. The van der Waals surface area contributed by atoms with Gasteiger partial charge in [-0.3, -0.25) is 9.59 Å². The average molecular weight is 265 g/mol. The Balaban J connectivity index is 0.000000637. The normalized spacial score (nSPS) is 40.5. The number of Topliss-reactive ketones (excluding diaryl/α,β-unsaturated/α-hetero) is 2. The Labute approximate surface area is 116 Å². The van der Waals surface area contributed by atoms with E-state index in [0.717, 1.165) is 12.8 Å². The molecule has 108 valence electrons. The molecule has 19 heavy (non-hydrogen) atoms. The van der Waals surface area contributed by atoms with Crippen LogP contribution in [0.1, 0.15) is 52.4 Å². The van der Waals surface area contributed by atoms with Crippen LogP contribution in [-0.2, 0) is 9.59 Å². The predicted molar refractivity (Wildman–Crippen MR) is 75.6 cm³/mol. The van der Waals surface area contributed by atoms with Crippen molar-refractivity contribution in [3.8, 4) is 0 Å². The molecule has 0 radical (unpaired) electrons. The van der Waals surface area contributed by atoms with Crippen LogP contribution in [0.2, 0.25) is 0 Å². The molecular formula is C16H27NO2. The highest BCUT2D eigenvalue weighted by atomic mass is 16.2. The molecule has 0 heterocycles. The summed E-state index contributed by atoms with van der Waals surface area (Å²) in [6.45, 7) is 4.45. The summed E-state index contributed by atoms with van der Waals surface area (Å²) in [5.41, 5.74) is 5.52. The van der Waals surface area contributed by atoms with E-state index in [4.69, 9.17) is 5.73 Å². The molecule has 0 aromatic rings. The molecule has 3 nitrogen and oxygen atoms in total. The number of ketones is 2. The first-order valence-corrected chi connectivity index (χ1v) is 7.98. The molecule has 0 aliphatic heterocycles. The quantitative estimate of drug-likeness (QED) is 0.781. The molecule has 3 rings (SSSR count). The molecule has 4 atom stereocenters. The van der Waals surface area contributed by atoms with Crippen LogP contribution in [0.25, 0.3) is 0 Å². The standard InChI is InChI=1S/C14H21NO2.C2H6/c15-4-3-10-13(16)11-6-8-1-2-9(5-8)7-12(11)14(10)17;1-2/h8-12H,1-7,15H2;1-2H3. The summed E-state index contributed by atoms with van der Waals surface area (Å²) in [7, 11) is 0. The third kappa shape index (κ3) is 2.62. The van der Waals surface area contributed by atoms with Gasteiger partial charge in [0.2, 0.25) is 0 Å². The molecule has 0 aromatic carbocycles. The molecule has 3 saturated carbocycles. The Hall–Kier alpha value is -0.700. The Morgan fingerprint density at radius 3 is 1.84 bits per heavy atom. The summed E-state index contributed by atoms with van der Waals surface area (Å²) in [5, 5.41) is 0. The van der Waals surface area contributed by atoms with Gasteiger partial charge in [0.15, 0.2) is 0 Å². The number of carbonyl (C=O) groups excluding carboxylic acids is 2. The summed E-state index contributed by atoms with van der Waals surface area (Å²) in [6, 6.07) is 0. The fourth-order valence-electron chi connectivity index (χ4n) is 4.39. The minimum absolute atomic E-state index is 0.0503. The van der Waals surface area contributed by atoms with Gasteiger partial charge < -0.3 is 5.73 Å². The fraction of sp³-hybridized carbons (Fsp3) is 0.875. The zero-order valence-corrected chi connectivity index (χ0v) is 12.2. The largest absolute Gasteiger partial charge is 0.330 e. The van der Waals surface area contributed by atoms with E-state index < -0.39 is 0 Å². The summed E-state index contributed by atoms with van der Waals surface area (Å²) < 4.78 is 0. The minimum Gasteiger partial charge on any atom is -0.330 e. The lowest BCUT2D eigenvalue weighted by Gasteiger charge is -2.19. The number of carbonyl (C=O) groups is 2. The number of nitrogens with two attached hydrogens (primary N) is 1. The maximum atomic E-state index is 12.3.